The molecule has 0 bridgehead atoms. The quantitative estimate of drug-likeness (QED) is 0.656. The lowest BCUT2D eigenvalue weighted by molar-refractivity contribution is -0.122. The highest BCUT2D eigenvalue weighted by atomic mass is 16.3. The minimum Gasteiger partial charge on any atom is -0.508 e. The summed E-state index contributed by atoms with van der Waals surface area (Å²) in [5, 5.41) is 13.6. The summed E-state index contributed by atoms with van der Waals surface area (Å²) in [6.07, 6.45) is 1.59. The number of hydrogen-bond acceptors (Lipinski definition) is 3. The van der Waals surface area contributed by atoms with Gasteiger partial charge in [-0.1, -0.05) is 37.3 Å². The molecular weight excluding hydrogens is 288 g/mol. The number of amides is 1. The van der Waals surface area contributed by atoms with Gasteiger partial charge in [0.1, 0.15) is 5.75 Å². The van der Waals surface area contributed by atoms with Gasteiger partial charge in [-0.25, -0.2) is 5.43 Å². The van der Waals surface area contributed by atoms with Crippen molar-refractivity contribution in [1.82, 2.24) is 5.43 Å². The normalized spacial score (nSPS) is 20.1. The number of benzene rings is 2. The number of hydrazone groups is 1. The third-order valence-corrected chi connectivity index (χ3v) is 4.19. The van der Waals surface area contributed by atoms with Crippen LogP contribution in [-0.2, 0) is 4.79 Å². The van der Waals surface area contributed by atoms with Crippen molar-refractivity contribution < 1.29 is 9.90 Å². The van der Waals surface area contributed by atoms with E-state index in [0.717, 1.165) is 17.7 Å². The number of phenolic OH excluding ortho intramolecular Hbond substituents is 1. The van der Waals surface area contributed by atoms with E-state index < -0.39 is 0 Å². The van der Waals surface area contributed by atoms with Crippen LogP contribution in [0.4, 0.5) is 0 Å². The number of hydrogen-bond donors (Lipinski definition) is 2. The molecule has 0 saturated heterocycles. The van der Waals surface area contributed by atoms with Crippen LogP contribution in [0.1, 0.15) is 36.8 Å². The Kier molecular flexibility index (Phi) is 4.42. The maximum absolute atomic E-state index is 12.2. The van der Waals surface area contributed by atoms with Gasteiger partial charge in [0.05, 0.1) is 5.71 Å². The average Bonchev–Trinajstić information content (AvgIpc) is 3.38. The van der Waals surface area contributed by atoms with Gasteiger partial charge in [-0.3, -0.25) is 4.79 Å². The smallest absolute Gasteiger partial charge is 0.243 e. The van der Waals surface area contributed by atoms with Gasteiger partial charge in [-0.2, -0.15) is 5.10 Å². The number of carbonyl (C=O) groups is 1. The Morgan fingerprint density at radius 2 is 1.87 bits per heavy atom. The summed E-state index contributed by atoms with van der Waals surface area (Å²) >= 11 is 0. The van der Waals surface area contributed by atoms with Gasteiger partial charge in [0.2, 0.25) is 5.91 Å². The molecule has 1 amide bonds. The van der Waals surface area contributed by atoms with Gasteiger partial charge in [0.15, 0.2) is 0 Å². The Balaban J connectivity index is 1.63. The highest BCUT2D eigenvalue weighted by Crippen LogP contribution is 2.47. The molecule has 2 aromatic carbocycles. The molecule has 2 atom stereocenters. The number of nitrogens with zero attached hydrogens (tertiary/aromatic N) is 1. The predicted octanol–water partition coefficient (Wildman–Crippen LogP) is 3.43. The van der Waals surface area contributed by atoms with Crippen molar-refractivity contribution >= 4 is 11.6 Å². The first-order valence-electron chi connectivity index (χ1n) is 7.89. The van der Waals surface area contributed by atoms with Gasteiger partial charge in [-0.15, -0.1) is 0 Å². The molecule has 1 saturated carbocycles. The summed E-state index contributed by atoms with van der Waals surface area (Å²) in [5.74, 6) is 0.518. The molecule has 1 fully saturated rings. The first-order valence-corrected chi connectivity index (χ1v) is 7.89. The predicted molar refractivity (Wildman–Crippen MR) is 90.4 cm³/mol. The molecule has 23 heavy (non-hydrogen) atoms. The topological polar surface area (TPSA) is 61.7 Å². The van der Waals surface area contributed by atoms with Crippen LogP contribution in [-0.4, -0.2) is 16.7 Å². The largest absolute Gasteiger partial charge is 0.508 e. The summed E-state index contributed by atoms with van der Waals surface area (Å²) in [5.41, 5.74) is 5.61. The van der Waals surface area contributed by atoms with Crippen molar-refractivity contribution in [3.8, 4) is 5.75 Å². The van der Waals surface area contributed by atoms with Crippen LogP contribution in [0.3, 0.4) is 0 Å². The van der Waals surface area contributed by atoms with Gasteiger partial charge in [0.25, 0.3) is 0 Å². The molecule has 0 aromatic heterocycles. The van der Waals surface area contributed by atoms with E-state index in [-0.39, 0.29) is 17.6 Å². The monoisotopic (exact) mass is 308 g/mol. The van der Waals surface area contributed by atoms with E-state index in [0.29, 0.717) is 12.3 Å². The van der Waals surface area contributed by atoms with Gasteiger partial charge < -0.3 is 5.11 Å². The molecule has 3 rings (SSSR count). The van der Waals surface area contributed by atoms with Crippen LogP contribution < -0.4 is 5.43 Å². The summed E-state index contributed by atoms with van der Waals surface area (Å²) in [7, 11) is 0. The van der Waals surface area contributed by atoms with Crippen molar-refractivity contribution in [2.24, 2.45) is 11.0 Å². The summed E-state index contributed by atoms with van der Waals surface area (Å²) in [6, 6.07) is 17.0. The van der Waals surface area contributed by atoms with E-state index in [4.69, 9.17) is 0 Å². The zero-order chi connectivity index (χ0) is 16.2. The van der Waals surface area contributed by atoms with Crippen LogP contribution in [0.25, 0.3) is 0 Å². The van der Waals surface area contributed by atoms with E-state index >= 15 is 0 Å². The average molecular weight is 308 g/mol. The molecule has 2 unspecified atom stereocenters. The Morgan fingerprint density at radius 1 is 1.17 bits per heavy atom. The molecule has 1 aliphatic carbocycles. The molecule has 0 radical (unpaired) electrons. The first kappa shape index (κ1) is 15.3. The second-order valence-corrected chi connectivity index (χ2v) is 5.79. The Bertz CT molecular complexity index is 708. The van der Waals surface area contributed by atoms with Crippen molar-refractivity contribution in [2.75, 3.05) is 0 Å². The van der Waals surface area contributed by atoms with E-state index in [1.165, 1.54) is 5.56 Å². The Hall–Kier alpha value is -2.62. The van der Waals surface area contributed by atoms with Crippen LogP contribution in [0.15, 0.2) is 59.7 Å². The van der Waals surface area contributed by atoms with Crippen LogP contribution in [0, 0.1) is 5.92 Å². The highest BCUT2D eigenvalue weighted by molar-refractivity contribution is 6.01. The lowest BCUT2D eigenvalue weighted by atomic mass is 10.1. The number of phenols is 1. The molecule has 0 heterocycles. The maximum atomic E-state index is 12.2. The van der Waals surface area contributed by atoms with Crippen molar-refractivity contribution in [1.29, 1.82) is 0 Å². The first-order chi connectivity index (χ1) is 11.2. The van der Waals surface area contributed by atoms with Gasteiger partial charge in [-0.05, 0) is 54.2 Å². The van der Waals surface area contributed by atoms with Crippen LogP contribution >= 0.6 is 0 Å². The van der Waals surface area contributed by atoms with Gasteiger partial charge in [0, 0.05) is 5.92 Å². The molecule has 0 spiro atoms. The molecule has 1 aliphatic rings. The summed E-state index contributed by atoms with van der Waals surface area (Å²) in [6.45, 7) is 1.99. The summed E-state index contributed by atoms with van der Waals surface area (Å²) in [4.78, 5) is 12.2. The highest BCUT2D eigenvalue weighted by Gasteiger charge is 2.43. The minimum absolute atomic E-state index is 0.0130. The molecule has 2 N–H and O–H groups in total. The second-order valence-electron chi connectivity index (χ2n) is 5.79. The maximum Gasteiger partial charge on any atom is 0.243 e. The van der Waals surface area contributed by atoms with Gasteiger partial charge >= 0.3 is 0 Å². The Morgan fingerprint density at radius 3 is 2.52 bits per heavy atom. The standard InChI is InChI=1S/C19H20N2O2/c1-2-18(14-8-10-15(22)11-9-14)20-21-19(23)17-12-16(17)13-6-4-3-5-7-13/h3-11,16-17,22H,2,12H2,1H3,(H,21,23). The SMILES string of the molecule is CCC(=NNC(=O)C1CC1c1ccccc1)c1ccc(O)cc1. The van der Waals surface area contributed by atoms with Crippen molar-refractivity contribution in [3.63, 3.8) is 0 Å². The summed E-state index contributed by atoms with van der Waals surface area (Å²) < 4.78 is 0. The molecule has 118 valence electrons. The number of aromatic hydroxyl groups is 1. The zero-order valence-electron chi connectivity index (χ0n) is 13.1. The second kappa shape index (κ2) is 6.65. The lowest BCUT2D eigenvalue weighted by Crippen LogP contribution is -2.22. The fourth-order valence-corrected chi connectivity index (χ4v) is 2.76. The fraction of sp³-hybridized carbons (Fsp3) is 0.263. The minimum atomic E-state index is -0.0245. The van der Waals surface area contributed by atoms with E-state index in [1.54, 1.807) is 24.3 Å². The lowest BCUT2D eigenvalue weighted by Gasteiger charge is -2.05. The molecule has 4 heteroatoms. The molecular formula is C19H20N2O2. The van der Waals surface area contributed by atoms with Crippen LogP contribution in [0.2, 0.25) is 0 Å². The Labute approximate surface area is 135 Å². The van der Waals surface area contributed by atoms with E-state index in [1.807, 2.05) is 25.1 Å². The third-order valence-electron chi connectivity index (χ3n) is 4.19. The van der Waals surface area contributed by atoms with E-state index in [9.17, 15) is 9.90 Å². The van der Waals surface area contributed by atoms with E-state index in [2.05, 4.69) is 22.7 Å². The molecule has 4 nitrogen and oxygen atoms in total. The fourth-order valence-electron chi connectivity index (χ4n) is 2.76. The zero-order valence-corrected chi connectivity index (χ0v) is 13.1. The van der Waals surface area contributed by atoms with Crippen molar-refractivity contribution in [2.45, 2.75) is 25.7 Å². The number of carbonyl (C=O) groups excluding carboxylic acids is 1. The number of rotatable bonds is 5. The number of nitrogens with one attached hydrogen (secondary N) is 1. The van der Waals surface area contributed by atoms with Crippen LogP contribution in [0.5, 0.6) is 5.75 Å². The molecule has 0 aliphatic heterocycles. The van der Waals surface area contributed by atoms with Crippen molar-refractivity contribution in [3.05, 3.63) is 65.7 Å². The third kappa shape index (κ3) is 3.59. The molecule has 2 aromatic rings.